The van der Waals surface area contributed by atoms with Crippen LogP contribution < -0.4 is 10.8 Å². The van der Waals surface area contributed by atoms with E-state index in [1.54, 1.807) is 11.6 Å². The van der Waals surface area contributed by atoms with Crippen LogP contribution in [-0.4, -0.2) is 17.7 Å². The van der Waals surface area contributed by atoms with E-state index in [0.717, 1.165) is 37.9 Å². The van der Waals surface area contributed by atoms with Crippen LogP contribution in [0.2, 0.25) is 0 Å². The Labute approximate surface area is 172 Å². The minimum atomic E-state index is -0.538. The number of hydrogen-bond donors (Lipinski definition) is 3. The molecule has 4 nitrogen and oxygen atoms in total. The number of hydrogen-bond acceptors (Lipinski definition) is 3. The number of hydroxylamine groups is 1. The highest BCUT2D eigenvalue weighted by Gasteiger charge is 2.16. The predicted molar refractivity (Wildman–Crippen MR) is 119 cm³/mol. The predicted octanol–water partition coefficient (Wildman–Crippen LogP) is 4.97. The van der Waals surface area contributed by atoms with E-state index in [1.165, 1.54) is 39.5 Å². The summed E-state index contributed by atoms with van der Waals surface area (Å²) in [4.78, 5) is 11.0. The number of carbonyl (C=O) groups is 1. The Morgan fingerprint density at radius 2 is 1.83 bits per heavy atom. The van der Waals surface area contributed by atoms with Crippen LogP contribution in [-0.2, 0) is 11.3 Å². The average Bonchev–Trinajstić information content (AvgIpc) is 2.87. The van der Waals surface area contributed by atoms with Gasteiger partial charge >= 0.3 is 0 Å². The van der Waals surface area contributed by atoms with Gasteiger partial charge in [0.25, 0.3) is 5.91 Å². The van der Waals surface area contributed by atoms with E-state index in [0.29, 0.717) is 0 Å². The Bertz CT molecular complexity index is 940. The van der Waals surface area contributed by atoms with Gasteiger partial charge in [-0.3, -0.25) is 10.0 Å². The largest absolute Gasteiger partial charge is 0.312 e. The number of rotatable bonds is 7. The van der Waals surface area contributed by atoms with Crippen LogP contribution in [0.1, 0.15) is 48.4 Å². The maximum atomic E-state index is 11.0. The van der Waals surface area contributed by atoms with Crippen LogP contribution in [0.4, 0.5) is 0 Å². The second-order valence-corrected chi connectivity index (χ2v) is 7.39. The van der Waals surface area contributed by atoms with Gasteiger partial charge in [-0.05, 0) is 72.2 Å². The van der Waals surface area contributed by atoms with Crippen molar-refractivity contribution in [3.8, 4) is 0 Å². The highest BCUT2D eigenvalue weighted by molar-refractivity contribution is 5.90. The van der Waals surface area contributed by atoms with Crippen molar-refractivity contribution in [1.29, 1.82) is 0 Å². The van der Waals surface area contributed by atoms with E-state index in [4.69, 9.17) is 5.21 Å². The third-order valence-electron chi connectivity index (χ3n) is 5.35. The summed E-state index contributed by atoms with van der Waals surface area (Å²) in [5.74, 6) is -0.538. The molecule has 29 heavy (non-hydrogen) atoms. The Kier molecular flexibility index (Phi) is 7.17. The van der Waals surface area contributed by atoms with Gasteiger partial charge < -0.3 is 5.32 Å². The lowest BCUT2D eigenvalue weighted by molar-refractivity contribution is -0.124. The van der Waals surface area contributed by atoms with Crippen molar-refractivity contribution in [1.82, 2.24) is 10.8 Å². The lowest BCUT2D eigenvalue weighted by Crippen LogP contribution is -2.15. The fraction of sp³-hybridized carbons (Fsp3) is 0.240. The Morgan fingerprint density at radius 3 is 2.55 bits per heavy atom. The van der Waals surface area contributed by atoms with Crippen LogP contribution in [0.3, 0.4) is 0 Å². The molecule has 3 N–H and O–H groups in total. The van der Waals surface area contributed by atoms with Crippen LogP contribution in [0.15, 0.2) is 66.8 Å². The molecule has 1 amide bonds. The molecule has 0 heterocycles. The van der Waals surface area contributed by atoms with Gasteiger partial charge in [-0.1, -0.05) is 60.7 Å². The van der Waals surface area contributed by atoms with E-state index < -0.39 is 5.91 Å². The van der Waals surface area contributed by atoms with Crippen molar-refractivity contribution >= 4 is 23.1 Å². The second kappa shape index (κ2) is 10.0. The molecule has 1 aliphatic rings. The summed E-state index contributed by atoms with van der Waals surface area (Å²) in [5.41, 5.74) is 10.4. The van der Waals surface area contributed by atoms with Crippen LogP contribution >= 0.6 is 0 Å². The zero-order valence-electron chi connectivity index (χ0n) is 16.9. The van der Waals surface area contributed by atoms with Crippen molar-refractivity contribution in [3.05, 3.63) is 89.0 Å². The standard InChI is InChI=1S/C25H28N2O2/c1-18-7-8-19(2)23(24-6-4-3-5-22(18)24)15-16-26-17-21-11-9-20(10-12-21)13-14-25(28)27-29/h3-6,9-14,26,29H,1,7-8,15-17H2,2H3,(H,27,28)/b14-13+. The fourth-order valence-electron chi connectivity index (χ4n) is 3.66. The summed E-state index contributed by atoms with van der Waals surface area (Å²) in [6.07, 6.45) is 6.05. The zero-order valence-corrected chi connectivity index (χ0v) is 16.9. The summed E-state index contributed by atoms with van der Waals surface area (Å²) in [6.45, 7) is 8.22. The summed E-state index contributed by atoms with van der Waals surface area (Å²) in [7, 11) is 0. The number of allylic oxidation sites excluding steroid dienone is 2. The van der Waals surface area contributed by atoms with E-state index in [9.17, 15) is 4.79 Å². The van der Waals surface area contributed by atoms with Gasteiger partial charge in [0.05, 0.1) is 0 Å². The van der Waals surface area contributed by atoms with Gasteiger partial charge in [0.1, 0.15) is 0 Å². The number of amides is 1. The summed E-state index contributed by atoms with van der Waals surface area (Å²) in [6, 6.07) is 16.6. The van der Waals surface area contributed by atoms with Gasteiger partial charge in [0.2, 0.25) is 0 Å². The topological polar surface area (TPSA) is 61.4 Å². The molecule has 0 radical (unpaired) electrons. The molecule has 0 unspecified atom stereocenters. The molecular weight excluding hydrogens is 360 g/mol. The number of fused-ring (bicyclic) bond motifs is 1. The van der Waals surface area contributed by atoms with E-state index >= 15 is 0 Å². The van der Waals surface area contributed by atoms with Crippen molar-refractivity contribution < 1.29 is 10.0 Å². The van der Waals surface area contributed by atoms with Gasteiger partial charge in [-0.25, -0.2) is 5.48 Å². The Hall–Kier alpha value is -2.95. The fourth-order valence-corrected chi connectivity index (χ4v) is 3.66. The molecule has 2 aromatic rings. The molecular formula is C25H28N2O2. The molecule has 150 valence electrons. The van der Waals surface area contributed by atoms with Gasteiger partial charge in [0, 0.05) is 12.6 Å². The Morgan fingerprint density at radius 1 is 1.10 bits per heavy atom. The summed E-state index contributed by atoms with van der Waals surface area (Å²) >= 11 is 0. The minimum absolute atomic E-state index is 0.538. The molecule has 0 saturated heterocycles. The molecule has 1 aliphatic carbocycles. The molecule has 4 heteroatoms. The van der Waals surface area contributed by atoms with Crippen LogP contribution in [0, 0.1) is 0 Å². The molecule has 0 spiro atoms. The molecule has 0 aliphatic heterocycles. The van der Waals surface area contributed by atoms with Crippen LogP contribution in [0.25, 0.3) is 17.2 Å². The highest BCUT2D eigenvalue weighted by Crippen LogP contribution is 2.36. The SMILES string of the molecule is C=C1CCC(C)=C(CCNCc2ccc(/C=C/C(=O)NO)cc2)c2ccccc21. The number of carbonyl (C=O) groups excluding carboxylic acids is 1. The van der Waals surface area contributed by atoms with E-state index in [2.05, 4.69) is 43.1 Å². The minimum Gasteiger partial charge on any atom is -0.312 e. The molecule has 0 saturated carbocycles. The first-order chi connectivity index (χ1) is 14.1. The number of benzene rings is 2. The van der Waals surface area contributed by atoms with Crippen molar-refractivity contribution in [3.63, 3.8) is 0 Å². The van der Waals surface area contributed by atoms with Crippen molar-refractivity contribution in [2.75, 3.05) is 6.54 Å². The molecule has 3 rings (SSSR count). The van der Waals surface area contributed by atoms with Crippen LogP contribution in [0.5, 0.6) is 0 Å². The maximum absolute atomic E-state index is 11.0. The maximum Gasteiger partial charge on any atom is 0.267 e. The lowest BCUT2D eigenvalue weighted by atomic mass is 9.93. The lowest BCUT2D eigenvalue weighted by Gasteiger charge is -2.14. The zero-order chi connectivity index (χ0) is 20.6. The third kappa shape index (κ3) is 5.53. The van der Waals surface area contributed by atoms with Crippen molar-refractivity contribution in [2.45, 2.75) is 32.7 Å². The number of nitrogens with one attached hydrogen (secondary N) is 2. The van der Waals surface area contributed by atoms with E-state index in [-0.39, 0.29) is 0 Å². The normalized spacial score (nSPS) is 14.1. The Balaban J connectivity index is 1.56. The summed E-state index contributed by atoms with van der Waals surface area (Å²) in [5, 5.41) is 12.0. The molecule has 0 atom stereocenters. The first-order valence-corrected chi connectivity index (χ1v) is 9.96. The monoisotopic (exact) mass is 388 g/mol. The van der Waals surface area contributed by atoms with Gasteiger partial charge in [-0.2, -0.15) is 0 Å². The van der Waals surface area contributed by atoms with E-state index in [1.807, 2.05) is 24.3 Å². The molecule has 2 aromatic carbocycles. The first-order valence-electron chi connectivity index (χ1n) is 9.96. The molecule has 0 aromatic heterocycles. The van der Waals surface area contributed by atoms with Gasteiger partial charge in [-0.15, -0.1) is 0 Å². The van der Waals surface area contributed by atoms with Crippen molar-refractivity contribution in [2.24, 2.45) is 0 Å². The first kappa shape index (κ1) is 20.8. The quantitative estimate of drug-likeness (QED) is 0.272. The summed E-state index contributed by atoms with van der Waals surface area (Å²) < 4.78 is 0. The highest BCUT2D eigenvalue weighted by atomic mass is 16.5. The molecule has 0 fully saturated rings. The third-order valence-corrected chi connectivity index (χ3v) is 5.35. The average molecular weight is 389 g/mol. The van der Waals surface area contributed by atoms with Gasteiger partial charge in [0.15, 0.2) is 0 Å². The smallest absolute Gasteiger partial charge is 0.267 e. The molecule has 0 bridgehead atoms. The second-order valence-electron chi connectivity index (χ2n) is 7.39.